The first-order valence-electron chi connectivity index (χ1n) is 14.2. The SMILES string of the molecule is COc1cccc(/C=C/C(=O)N(Cc2ccc(N(C)c3ccncc3)cc2)C2CCN(Cc3ccccc3)CC2)c1. The number of amides is 1. The van der Waals surface area contributed by atoms with Crippen molar-refractivity contribution in [3.05, 3.63) is 126 Å². The Bertz CT molecular complexity index is 1420. The molecular formula is C35H38N4O2. The maximum atomic E-state index is 13.7. The van der Waals surface area contributed by atoms with E-state index in [9.17, 15) is 4.79 Å². The summed E-state index contributed by atoms with van der Waals surface area (Å²) in [5.41, 5.74) is 5.56. The fraction of sp³-hybridized carbons (Fsp3) is 0.257. The fourth-order valence-electron chi connectivity index (χ4n) is 5.36. The second kappa shape index (κ2) is 13.8. The number of carbonyl (C=O) groups is 1. The Labute approximate surface area is 243 Å². The summed E-state index contributed by atoms with van der Waals surface area (Å²) >= 11 is 0. The summed E-state index contributed by atoms with van der Waals surface area (Å²) < 4.78 is 5.35. The predicted molar refractivity (Wildman–Crippen MR) is 166 cm³/mol. The number of likely N-dealkylation sites (tertiary alicyclic amines) is 1. The van der Waals surface area contributed by atoms with Gasteiger partial charge in [0.15, 0.2) is 0 Å². The van der Waals surface area contributed by atoms with E-state index >= 15 is 0 Å². The summed E-state index contributed by atoms with van der Waals surface area (Å²) in [6, 6.07) is 31.0. The van der Waals surface area contributed by atoms with Gasteiger partial charge < -0.3 is 14.5 Å². The van der Waals surface area contributed by atoms with Gasteiger partial charge in [0.2, 0.25) is 5.91 Å². The molecule has 0 saturated carbocycles. The lowest BCUT2D eigenvalue weighted by Gasteiger charge is -2.38. The quantitative estimate of drug-likeness (QED) is 0.211. The molecule has 4 aromatic rings. The Morgan fingerprint density at radius 3 is 2.32 bits per heavy atom. The molecule has 1 saturated heterocycles. The van der Waals surface area contributed by atoms with Gasteiger partial charge in [0.1, 0.15) is 5.75 Å². The molecule has 0 bridgehead atoms. The molecule has 1 fully saturated rings. The van der Waals surface area contributed by atoms with Crippen LogP contribution in [0.2, 0.25) is 0 Å². The van der Waals surface area contributed by atoms with Gasteiger partial charge in [0.05, 0.1) is 7.11 Å². The molecule has 0 radical (unpaired) electrons. The lowest BCUT2D eigenvalue weighted by atomic mass is 10.0. The third kappa shape index (κ3) is 7.62. The normalized spacial score (nSPS) is 14.2. The molecule has 0 spiro atoms. The molecule has 0 atom stereocenters. The smallest absolute Gasteiger partial charge is 0.247 e. The minimum absolute atomic E-state index is 0.0345. The first kappa shape index (κ1) is 28.1. The van der Waals surface area contributed by atoms with E-state index in [0.29, 0.717) is 6.54 Å². The van der Waals surface area contributed by atoms with E-state index in [1.807, 2.05) is 49.5 Å². The Kier molecular flexibility index (Phi) is 9.45. The molecule has 1 aliphatic rings. The molecule has 2 heterocycles. The molecule has 0 unspecified atom stereocenters. The second-order valence-electron chi connectivity index (χ2n) is 10.5. The van der Waals surface area contributed by atoms with Crippen LogP contribution in [0.25, 0.3) is 6.08 Å². The van der Waals surface area contributed by atoms with E-state index in [0.717, 1.165) is 60.7 Å². The molecule has 6 heteroatoms. The van der Waals surface area contributed by atoms with Crippen molar-refractivity contribution in [1.82, 2.24) is 14.8 Å². The number of carbonyl (C=O) groups excluding carboxylic acids is 1. The number of ether oxygens (including phenoxy) is 1. The van der Waals surface area contributed by atoms with Crippen molar-refractivity contribution in [2.75, 3.05) is 32.1 Å². The fourth-order valence-corrected chi connectivity index (χ4v) is 5.36. The highest BCUT2D eigenvalue weighted by molar-refractivity contribution is 5.92. The lowest BCUT2D eigenvalue weighted by molar-refractivity contribution is -0.130. The number of piperidine rings is 1. The van der Waals surface area contributed by atoms with Gasteiger partial charge in [-0.25, -0.2) is 0 Å². The van der Waals surface area contributed by atoms with Crippen LogP contribution in [0, 0.1) is 0 Å². The van der Waals surface area contributed by atoms with Gasteiger partial charge in [0, 0.05) is 69.1 Å². The van der Waals surface area contributed by atoms with Crippen LogP contribution in [0.3, 0.4) is 0 Å². The Hall–Kier alpha value is -4.42. The van der Waals surface area contributed by atoms with Gasteiger partial charge >= 0.3 is 0 Å². The highest BCUT2D eigenvalue weighted by atomic mass is 16.5. The average Bonchev–Trinajstić information content (AvgIpc) is 3.04. The van der Waals surface area contributed by atoms with E-state index < -0.39 is 0 Å². The topological polar surface area (TPSA) is 48.9 Å². The van der Waals surface area contributed by atoms with Crippen LogP contribution in [0.5, 0.6) is 5.75 Å². The van der Waals surface area contributed by atoms with Crippen LogP contribution in [0.4, 0.5) is 11.4 Å². The number of anilines is 2. The number of aromatic nitrogens is 1. The molecular weight excluding hydrogens is 508 g/mol. The molecule has 1 aromatic heterocycles. The number of hydrogen-bond donors (Lipinski definition) is 0. The number of nitrogens with zero attached hydrogens (tertiary/aromatic N) is 4. The van der Waals surface area contributed by atoms with Crippen LogP contribution >= 0.6 is 0 Å². The molecule has 1 amide bonds. The van der Waals surface area contributed by atoms with Gasteiger partial charge in [-0.1, -0.05) is 54.6 Å². The van der Waals surface area contributed by atoms with Crippen LogP contribution in [-0.2, 0) is 17.9 Å². The standard InChI is InChI=1S/C35H38N4O2/c1-37(32-17-21-36-22-18-32)31-14-11-30(12-15-31)27-39(35(40)16-13-28-9-6-10-34(25-28)41-2)33-19-23-38(24-20-33)26-29-7-4-3-5-8-29/h3-18,21-22,25,33H,19-20,23-24,26-27H2,1-2H3/b16-13+. The molecule has 1 aliphatic heterocycles. The first-order chi connectivity index (χ1) is 20.1. The highest BCUT2D eigenvalue weighted by Gasteiger charge is 2.27. The van der Waals surface area contributed by atoms with Crippen molar-refractivity contribution in [3.8, 4) is 5.75 Å². The molecule has 6 nitrogen and oxygen atoms in total. The Morgan fingerprint density at radius 2 is 1.61 bits per heavy atom. The minimum Gasteiger partial charge on any atom is -0.497 e. The van der Waals surface area contributed by atoms with Crippen molar-refractivity contribution in [1.29, 1.82) is 0 Å². The molecule has 0 aliphatic carbocycles. The summed E-state index contributed by atoms with van der Waals surface area (Å²) in [4.78, 5) is 24.5. The summed E-state index contributed by atoms with van der Waals surface area (Å²) in [7, 11) is 3.70. The van der Waals surface area contributed by atoms with Crippen LogP contribution < -0.4 is 9.64 Å². The third-order valence-electron chi connectivity index (χ3n) is 7.77. The summed E-state index contributed by atoms with van der Waals surface area (Å²) in [6.45, 7) is 3.46. The largest absolute Gasteiger partial charge is 0.497 e. The molecule has 0 N–H and O–H groups in total. The zero-order valence-electron chi connectivity index (χ0n) is 23.9. The van der Waals surface area contributed by atoms with Gasteiger partial charge in [0.25, 0.3) is 0 Å². The zero-order valence-corrected chi connectivity index (χ0v) is 23.9. The molecule has 210 valence electrons. The number of rotatable bonds is 10. The van der Waals surface area contributed by atoms with E-state index in [1.165, 1.54) is 5.56 Å². The molecule has 41 heavy (non-hydrogen) atoms. The highest BCUT2D eigenvalue weighted by Crippen LogP contribution is 2.25. The van der Waals surface area contributed by atoms with Crippen LogP contribution in [0.1, 0.15) is 29.5 Å². The van der Waals surface area contributed by atoms with Crippen molar-refractivity contribution in [2.45, 2.75) is 32.0 Å². The van der Waals surface area contributed by atoms with Crippen molar-refractivity contribution >= 4 is 23.4 Å². The molecule has 3 aromatic carbocycles. The maximum absolute atomic E-state index is 13.7. The van der Waals surface area contributed by atoms with Gasteiger partial charge in [-0.3, -0.25) is 14.7 Å². The van der Waals surface area contributed by atoms with Crippen molar-refractivity contribution in [2.24, 2.45) is 0 Å². The minimum atomic E-state index is 0.0345. The summed E-state index contributed by atoms with van der Waals surface area (Å²) in [5.74, 6) is 0.811. The van der Waals surface area contributed by atoms with Crippen LogP contribution in [0.15, 0.2) is 109 Å². The average molecular weight is 547 g/mol. The predicted octanol–water partition coefficient (Wildman–Crippen LogP) is 6.56. The van der Waals surface area contributed by atoms with E-state index in [4.69, 9.17) is 4.74 Å². The maximum Gasteiger partial charge on any atom is 0.247 e. The Morgan fingerprint density at radius 1 is 0.902 bits per heavy atom. The number of pyridine rings is 1. The monoisotopic (exact) mass is 546 g/mol. The summed E-state index contributed by atoms with van der Waals surface area (Å²) in [5, 5.41) is 0. The second-order valence-corrected chi connectivity index (χ2v) is 10.5. The lowest BCUT2D eigenvalue weighted by Crippen LogP contribution is -2.46. The van der Waals surface area contributed by atoms with E-state index in [2.05, 4.69) is 74.3 Å². The van der Waals surface area contributed by atoms with Crippen molar-refractivity contribution < 1.29 is 9.53 Å². The number of benzene rings is 3. The van der Waals surface area contributed by atoms with Crippen molar-refractivity contribution in [3.63, 3.8) is 0 Å². The number of methoxy groups -OCH3 is 1. The van der Waals surface area contributed by atoms with E-state index in [-0.39, 0.29) is 11.9 Å². The number of hydrogen-bond acceptors (Lipinski definition) is 5. The van der Waals surface area contributed by atoms with Gasteiger partial charge in [-0.2, -0.15) is 0 Å². The van der Waals surface area contributed by atoms with Crippen LogP contribution in [-0.4, -0.2) is 54.0 Å². The third-order valence-corrected chi connectivity index (χ3v) is 7.77. The first-order valence-corrected chi connectivity index (χ1v) is 14.2. The Balaban J connectivity index is 1.30. The molecule has 5 rings (SSSR count). The van der Waals surface area contributed by atoms with E-state index in [1.54, 1.807) is 25.6 Å². The van der Waals surface area contributed by atoms with Gasteiger partial charge in [-0.05, 0) is 72.0 Å². The zero-order chi connectivity index (χ0) is 28.4. The van der Waals surface area contributed by atoms with Gasteiger partial charge in [-0.15, -0.1) is 0 Å². The summed E-state index contributed by atoms with van der Waals surface area (Å²) in [6.07, 6.45) is 9.09.